The van der Waals surface area contributed by atoms with Crippen LogP contribution in [0.2, 0.25) is 0 Å². The Kier molecular flexibility index (Phi) is 5.95. The molecule has 0 amide bonds. The van der Waals surface area contributed by atoms with Crippen molar-refractivity contribution < 1.29 is 33.3 Å². The van der Waals surface area contributed by atoms with E-state index in [1.165, 1.54) is 24.9 Å². The van der Waals surface area contributed by atoms with Crippen molar-refractivity contribution in [3.05, 3.63) is 24.3 Å². The Balaban J connectivity index is 0.00000144. The van der Waals surface area contributed by atoms with Gasteiger partial charge in [-0.05, 0) is 12.5 Å². The zero-order valence-electron chi connectivity index (χ0n) is 10.5. The Labute approximate surface area is 121 Å². The van der Waals surface area contributed by atoms with E-state index in [2.05, 4.69) is 35.9 Å². The summed E-state index contributed by atoms with van der Waals surface area (Å²) in [5, 5.41) is 0. The van der Waals surface area contributed by atoms with Crippen LogP contribution in [0.3, 0.4) is 0 Å². The van der Waals surface area contributed by atoms with Gasteiger partial charge in [0.15, 0.2) is 0 Å². The molecule has 0 spiro atoms. The van der Waals surface area contributed by atoms with Gasteiger partial charge in [0.1, 0.15) is 18.5 Å². The minimum Gasteiger partial charge on any atom is -1.00 e. The van der Waals surface area contributed by atoms with Crippen LogP contribution in [-0.4, -0.2) is 24.4 Å². The lowest BCUT2D eigenvalue weighted by molar-refractivity contribution is -0.426. The zero-order valence-corrected chi connectivity index (χ0v) is 12.7. The second kappa shape index (κ2) is 6.99. The number of hydrogen-bond acceptors (Lipinski definition) is 1. The Morgan fingerprint density at radius 1 is 1.41 bits per heavy atom. The lowest BCUT2D eigenvalue weighted by Gasteiger charge is -2.00. The first-order valence-corrected chi connectivity index (χ1v) is 6.09. The van der Waals surface area contributed by atoms with E-state index >= 15 is 0 Å². The van der Waals surface area contributed by atoms with E-state index in [0.717, 1.165) is 18.2 Å². The average Bonchev–Trinajstić information content (AvgIpc) is 2.78. The lowest BCUT2D eigenvalue weighted by Crippen LogP contribution is -3.00. The first-order chi connectivity index (χ1) is 7.83. The van der Waals surface area contributed by atoms with Gasteiger partial charge in [-0.25, -0.2) is 4.58 Å². The maximum atomic E-state index is 5.25. The number of methoxy groups -OCH3 is 1. The Morgan fingerprint density at radius 2 is 2.24 bits per heavy atom. The summed E-state index contributed by atoms with van der Waals surface area (Å²) in [5.41, 5.74) is 1.25. The molecule has 0 bridgehead atoms. The molecular weight excluding hydrogens is 325 g/mol. The summed E-state index contributed by atoms with van der Waals surface area (Å²) in [6, 6.07) is 8.29. The van der Waals surface area contributed by atoms with Gasteiger partial charge in [0.05, 0.1) is 13.2 Å². The highest BCUT2D eigenvalue weighted by atomic mass is 127. The summed E-state index contributed by atoms with van der Waals surface area (Å²) in [7, 11) is 1.71. The predicted octanol–water partition coefficient (Wildman–Crippen LogP) is 0.234. The molecule has 1 aromatic rings. The molecule has 94 valence electrons. The van der Waals surface area contributed by atoms with E-state index in [9.17, 15) is 0 Å². The first-order valence-electron chi connectivity index (χ1n) is 6.09. The molecule has 0 saturated heterocycles. The van der Waals surface area contributed by atoms with Crippen molar-refractivity contribution in [2.45, 2.75) is 26.2 Å². The van der Waals surface area contributed by atoms with Gasteiger partial charge >= 0.3 is 0 Å². The third-order valence-electron chi connectivity index (χ3n) is 3.18. The van der Waals surface area contributed by atoms with E-state index in [1.807, 2.05) is 6.07 Å². The molecule has 2 nitrogen and oxygen atoms in total. The molecule has 2 rings (SSSR count). The molecule has 0 saturated carbocycles. The Hall–Kier alpha value is -0.580. The largest absolute Gasteiger partial charge is 1.00 e. The van der Waals surface area contributed by atoms with Gasteiger partial charge in [0.25, 0.3) is 0 Å². The molecular formula is C14H20INO. The standard InChI is InChI=1S/C14H20NO.HI/c1-3-5-12-8-9-15(11-12)13-6-4-7-14(10-13)16-2;/h4,6-7,10-12H,3,5,8-9H2,1-2H3;1H/q+1;/p-1. The van der Waals surface area contributed by atoms with Crippen LogP contribution in [0.5, 0.6) is 5.75 Å². The summed E-state index contributed by atoms with van der Waals surface area (Å²) in [6.45, 7) is 3.39. The van der Waals surface area contributed by atoms with Crippen LogP contribution in [0.1, 0.15) is 26.2 Å². The number of ether oxygens (including phenoxy) is 1. The molecule has 1 aromatic carbocycles. The van der Waals surface area contributed by atoms with Crippen LogP contribution in [0, 0.1) is 5.92 Å². The maximum absolute atomic E-state index is 5.25. The van der Waals surface area contributed by atoms with Crippen molar-refractivity contribution in [2.24, 2.45) is 5.92 Å². The highest BCUT2D eigenvalue weighted by Crippen LogP contribution is 2.24. The van der Waals surface area contributed by atoms with E-state index in [1.54, 1.807) is 7.11 Å². The second-order valence-corrected chi connectivity index (χ2v) is 4.38. The minimum atomic E-state index is 0. The fourth-order valence-corrected chi connectivity index (χ4v) is 2.30. The van der Waals surface area contributed by atoms with E-state index in [4.69, 9.17) is 4.74 Å². The summed E-state index contributed by atoms with van der Waals surface area (Å²) in [6.07, 6.45) is 6.23. The van der Waals surface area contributed by atoms with Gasteiger partial charge in [-0.15, -0.1) is 0 Å². The van der Waals surface area contributed by atoms with Gasteiger partial charge < -0.3 is 28.7 Å². The Bertz CT molecular complexity index is 390. The van der Waals surface area contributed by atoms with Gasteiger partial charge in [0, 0.05) is 18.4 Å². The zero-order chi connectivity index (χ0) is 11.4. The maximum Gasteiger partial charge on any atom is 0.208 e. The van der Waals surface area contributed by atoms with Crippen LogP contribution >= 0.6 is 0 Å². The lowest BCUT2D eigenvalue weighted by atomic mass is 10.0. The molecule has 0 radical (unpaired) electrons. The topological polar surface area (TPSA) is 12.2 Å². The molecule has 0 fully saturated rings. The number of hydrogen-bond donors (Lipinski definition) is 0. The quantitative estimate of drug-likeness (QED) is 0.562. The summed E-state index contributed by atoms with van der Waals surface area (Å²) in [5.74, 6) is 1.70. The predicted molar refractivity (Wildman–Crippen MR) is 66.9 cm³/mol. The monoisotopic (exact) mass is 345 g/mol. The molecule has 1 unspecified atom stereocenters. The number of rotatable bonds is 4. The molecule has 0 aromatic heterocycles. The number of halogens is 1. The van der Waals surface area contributed by atoms with Crippen molar-refractivity contribution >= 4 is 11.9 Å². The SMILES string of the molecule is CCCC1C=[N+](c2cccc(OC)c2)CC1.[I-]. The molecule has 1 atom stereocenters. The van der Waals surface area contributed by atoms with Crippen LogP contribution < -0.4 is 28.7 Å². The third-order valence-corrected chi connectivity index (χ3v) is 3.18. The van der Waals surface area contributed by atoms with Crippen molar-refractivity contribution in [1.82, 2.24) is 0 Å². The molecule has 1 aliphatic rings. The van der Waals surface area contributed by atoms with Crippen molar-refractivity contribution in [3.8, 4) is 5.75 Å². The van der Waals surface area contributed by atoms with Gasteiger partial charge in [-0.2, -0.15) is 0 Å². The molecule has 0 N–H and O–H groups in total. The summed E-state index contributed by atoms with van der Waals surface area (Å²) in [4.78, 5) is 0. The molecule has 1 heterocycles. The van der Waals surface area contributed by atoms with Crippen LogP contribution in [0.15, 0.2) is 24.3 Å². The van der Waals surface area contributed by atoms with Gasteiger partial charge in [-0.3, -0.25) is 0 Å². The molecule has 17 heavy (non-hydrogen) atoms. The molecule has 0 aliphatic carbocycles. The molecule has 3 heteroatoms. The van der Waals surface area contributed by atoms with Crippen molar-refractivity contribution in [1.29, 1.82) is 0 Å². The highest BCUT2D eigenvalue weighted by Gasteiger charge is 2.23. The summed E-state index contributed by atoms with van der Waals surface area (Å²) < 4.78 is 7.60. The van der Waals surface area contributed by atoms with Gasteiger partial charge in [0.2, 0.25) is 5.69 Å². The minimum absolute atomic E-state index is 0. The molecule has 1 aliphatic heterocycles. The second-order valence-electron chi connectivity index (χ2n) is 4.38. The highest BCUT2D eigenvalue weighted by molar-refractivity contribution is 5.59. The van der Waals surface area contributed by atoms with Crippen molar-refractivity contribution in [3.63, 3.8) is 0 Å². The summed E-state index contributed by atoms with van der Waals surface area (Å²) >= 11 is 0. The van der Waals surface area contributed by atoms with E-state index in [0.29, 0.717) is 0 Å². The first kappa shape index (κ1) is 14.5. The van der Waals surface area contributed by atoms with Crippen LogP contribution in [0.4, 0.5) is 5.69 Å². The smallest absolute Gasteiger partial charge is 0.208 e. The van der Waals surface area contributed by atoms with Crippen LogP contribution in [-0.2, 0) is 0 Å². The number of benzene rings is 1. The Morgan fingerprint density at radius 3 is 2.94 bits per heavy atom. The normalized spacial score (nSPS) is 18.5. The fraction of sp³-hybridized carbons (Fsp3) is 0.500. The van der Waals surface area contributed by atoms with Crippen molar-refractivity contribution in [2.75, 3.05) is 13.7 Å². The van der Waals surface area contributed by atoms with Crippen LogP contribution in [0.25, 0.3) is 0 Å². The van der Waals surface area contributed by atoms with E-state index < -0.39 is 0 Å². The number of nitrogens with zero attached hydrogens (tertiary/aromatic N) is 1. The van der Waals surface area contributed by atoms with E-state index in [-0.39, 0.29) is 24.0 Å². The third kappa shape index (κ3) is 3.69. The average molecular weight is 345 g/mol. The fourth-order valence-electron chi connectivity index (χ4n) is 2.30. The van der Waals surface area contributed by atoms with Gasteiger partial charge in [-0.1, -0.05) is 19.4 Å².